The van der Waals surface area contributed by atoms with Gasteiger partial charge in [0.25, 0.3) is 0 Å². The predicted octanol–water partition coefficient (Wildman–Crippen LogP) is 2.90. The molecule has 1 aliphatic rings. The fourth-order valence-corrected chi connectivity index (χ4v) is 3.23. The number of benzene rings is 1. The summed E-state index contributed by atoms with van der Waals surface area (Å²) in [5, 5.41) is 3.56. The number of fused-ring (bicyclic) bond motifs is 1. The van der Waals surface area contributed by atoms with Gasteiger partial charge in [-0.25, -0.2) is 4.39 Å². The molecule has 1 aliphatic heterocycles. The average molecular weight is 268 g/mol. The highest BCUT2D eigenvalue weighted by molar-refractivity contribution is 7.99. The molecule has 0 saturated heterocycles. The van der Waals surface area contributed by atoms with Crippen molar-refractivity contribution in [1.82, 2.24) is 10.2 Å². The van der Waals surface area contributed by atoms with Gasteiger partial charge in [-0.2, -0.15) is 0 Å². The third kappa shape index (κ3) is 3.05. The van der Waals surface area contributed by atoms with E-state index in [-0.39, 0.29) is 5.82 Å². The number of nitrogens with zero attached hydrogens (tertiary/aromatic N) is 1. The first-order valence-corrected chi connectivity index (χ1v) is 7.39. The molecule has 0 amide bonds. The summed E-state index contributed by atoms with van der Waals surface area (Å²) in [5.74, 6) is 0.909. The zero-order valence-corrected chi connectivity index (χ0v) is 12.1. The van der Waals surface area contributed by atoms with E-state index in [2.05, 4.69) is 31.2 Å². The van der Waals surface area contributed by atoms with E-state index in [9.17, 15) is 4.39 Å². The monoisotopic (exact) mass is 268 g/mol. The molecule has 2 atom stereocenters. The molecule has 100 valence electrons. The van der Waals surface area contributed by atoms with E-state index in [0.29, 0.717) is 12.1 Å². The van der Waals surface area contributed by atoms with Crippen LogP contribution < -0.4 is 5.32 Å². The standard InChI is InChI=1S/C14H21FN2S/c1-10(17(2)3)9-16-13-7-8-18-14-11(13)5-4-6-12(14)15/h4-6,10,13,16H,7-9H2,1-3H3. The second-order valence-electron chi connectivity index (χ2n) is 5.07. The van der Waals surface area contributed by atoms with Crippen LogP contribution in [0.2, 0.25) is 0 Å². The van der Waals surface area contributed by atoms with E-state index in [4.69, 9.17) is 0 Å². The number of hydrogen-bond acceptors (Lipinski definition) is 3. The first kappa shape index (κ1) is 13.8. The highest BCUT2D eigenvalue weighted by atomic mass is 32.2. The topological polar surface area (TPSA) is 15.3 Å². The summed E-state index contributed by atoms with van der Waals surface area (Å²) in [4.78, 5) is 3.02. The van der Waals surface area contributed by atoms with Crippen molar-refractivity contribution in [2.45, 2.75) is 30.3 Å². The molecule has 0 fully saturated rings. The van der Waals surface area contributed by atoms with Crippen LogP contribution in [0.25, 0.3) is 0 Å². The van der Waals surface area contributed by atoms with Crippen molar-refractivity contribution < 1.29 is 4.39 Å². The lowest BCUT2D eigenvalue weighted by Gasteiger charge is -2.29. The van der Waals surface area contributed by atoms with Crippen LogP contribution in [0.15, 0.2) is 23.1 Å². The van der Waals surface area contributed by atoms with Gasteiger partial charge in [0.2, 0.25) is 0 Å². The number of likely N-dealkylation sites (N-methyl/N-ethyl adjacent to an activating group) is 1. The van der Waals surface area contributed by atoms with Crippen molar-refractivity contribution in [3.05, 3.63) is 29.6 Å². The van der Waals surface area contributed by atoms with Crippen LogP contribution in [0.5, 0.6) is 0 Å². The van der Waals surface area contributed by atoms with Crippen LogP contribution in [0.4, 0.5) is 4.39 Å². The van der Waals surface area contributed by atoms with Crippen molar-refractivity contribution in [3.8, 4) is 0 Å². The summed E-state index contributed by atoms with van der Waals surface area (Å²) in [6.07, 6.45) is 1.07. The molecule has 0 radical (unpaired) electrons. The molecular weight excluding hydrogens is 247 g/mol. The highest BCUT2D eigenvalue weighted by Gasteiger charge is 2.23. The van der Waals surface area contributed by atoms with E-state index >= 15 is 0 Å². The predicted molar refractivity (Wildman–Crippen MR) is 75.6 cm³/mol. The SMILES string of the molecule is CC(CNC1CCSc2c(F)cccc21)N(C)C. The number of nitrogens with one attached hydrogen (secondary N) is 1. The minimum absolute atomic E-state index is 0.0790. The lowest BCUT2D eigenvalue weighted by Crippen LogP contribution is -2.38. The van der Waals surface area contributed by atoms with Crippen LogP contribution in [0.3, 0.4) is 0 Å². The number of rotatable bonds is 4. The zero-order chi connectivity index (χ0) is 13.1. The normalized spacial score (nSPS) is 20.8. The minimum Gasteiger partial charge on any atom is -0.308 e. The van der Waals surface area contributed by atoms with Gasteiger partial charge in [0.05, 0.1) is 0 Å². The molecule has 0 bridgehead atoms. The van der Waals surface area contributed by atoms with E-state index in [0.717, 1.165) is 29.2 Å². The van der Waals surface area contributed by atoms with Crippen molar-refractivity contribution in [3.63, 3.8) is 0 Å². The van der Waals surface area contributed by atoms with Gasteiger partial charge in [-0.3, -0.25) is 0 Å². The third-order valence-electron chi connectivity index (χ3n) is 3.57. The summed E-state index contributed by atoms with van der Waals surface area (Å²) in [7, 11) is 4.16. The largest absolute Gasteiger partial charge is 0.308 e. The van der Waals surface area contributed by atoms with E-state index < -0.39 is 0 Å². The summed E-state index contributed by atoms with van der Waals surface area (Å²) in [6.45, 7) is 3.12. The average Bonchev–Trinajstić information content (AvgIpc) is 2.36. The molecule has 1 heterocycles. The number of halogens is 1. The first-order valence-electron chi connectivity index (χ1n) is 6.40. The van der Waals surface area contributed by atoms with E-state index in [1.54, 1.807) is 17.8 Å². The maximum atomic E-state index is 13.7. The van der Waals surface area contributed by atoms with Gasteiger partial charge >= 0.3 is 0 Å². The van der Waals surface area contributed by atoms with Gasteiger partial charge in [0.1, 0.15) is 5.82 Å². The molecule has 0 spiro atoms. The lowest BCUT2D eigenvalue weighted by atomic mass is 10.0. The minimum atomic E-state index is -0.0790. The van der Waals surface area contributed by atoms with Crippen molar-refractivity contribution >= 4 is 11.8 Å². The molecule has 2 nitrogen and oxygen atoms in total. The maximum Gasteiger partial charge on any atom is 0.137 e. The zero-order valence-electron chi connectivity index (χ0n) is 11.2. The Bertz CT molecular complexity index is 409. The number of hydrogen-bond donors (Lipinski definition) is 1. The quantitative estimate of drug-likeness (QED) is 0.904. The molecule has 0 saturated carbocycles. The van der Waals surface area contributed by atoms with Crippen LogP contribution in [-0.4, -0.2) is 37.3 Å². The molecule has 0 aliphatic carbocycles. The smallest absolute Gasteiger partial charge is 0.137 e. The molecule has 18 heavy (non-hydrogen) atoms. The summed E-state index contributed by atoms with van der Waals surface area (Å²) >= 11 is 1.63. The Morgan fingerprint density at radius 1 is 1.50 bits per heavy atom. The molecule has 1 aromatic rings. The summed E-state index contributed by atoms with van der Waals surface area (Å²) < 4.78 is 13.7. The molecular formula is C14H21FN2S. The van der Waals surface area contributed by atoms with Gasteiger partial charge in [-0.1, -0.05) is 12.1 Å². The van der Waals surface area contributed by atoms with Gasteiger partial charge in [0.15, 0.2) is 0 Å². The van der Waals surface area contributed by atoms with Crippen LogP contribution >= 0.6 is 11.8 Å². The molecule has 0 aromatic heterocycles. The molecule has 1 aromatic carbocycles. The van der Waals surface area contributed by atoms with Gasteiger partial charge in [-0.05, 0) is 44.8 Å². The van der Waals surface area contributed by atoms with Crippen LogP contribution in [0.1, 0.15) is 24.9 Å². The Balaban J connectivity index is 2.06. The maximum absolute atomic E-state index is 13.7. The fourth-order valence-electron chi connectivity index (χ4n) is 2.09. The molecule has 2 unspecified atom stereocenters. The van der Waals surface area contributed by atoms with Crippen LogP contribution in [-0.2, 0) is 0 Å². The Morgan fingerprint density at radius 3 is 3.00 bits per heavy atom. The van der Waals surface area contributed by atoms with E-state index in [1.165, 1.54) is 0 Å². The Morgan fingerprint density at radius 2 is 2.28 bits per heavy atom. The second-order valence-corrected chi connectivity index (χ2v) is 6.17. The summed E-state index contributed by atoms with van der Waals surface area (Å²) in [5.41, 5.74) is 1.12. The van der Waals surface area contributed by atoms with E-state index in [1.807, 2.05) is 12.1 Å². The van der Waals surface area contributed by atoms with Gasteiger partial charge in [-0.15, -0.1) is 11.8 Å². The lowest BCUT2D eigenvalue weighted by molar-refractivity contribution is 0.291. The van der Waals surface area contributed by atoms with Crippen molar-refractivity contribution in [1.29, 1.82) is 0 Å². The van der Waals surface area contributed by atoms with Gasteiger partial charge in [0, 0.05) is 23.5 Å². The second kappa shape index (κ2) is 6.04. The Kier molecular flexibility index (Phi) is 4.65. The molecule has 4 heteroatoms. The third-order valence-corrected chi connectivity index (χ3v) is 4.73. The number of thioether (sulfide) groups is 1. The fraction of sp³-hybridized carbons (Fsp3) is 0.571. The summed E-state index contributed by atoms with van der Waals surface area (Å²) in [6, 6.07) is 6.18. The molecule has 1 N–H and O–H groups in total. The van der Waals surface area contributed by atoms with Crippen molar-refractivity contribution in [2.75, 3.05) is 26.4 Å². The highest BCUT2D eigenvalue weighted by Crippen LogP contribution is 2.37. The van der Waals surface area contributed by atoms with Crippen LogP contribution in [0, 0.1) is 5.82 Å². The van der Waals surface area contributed by atoms with Gasteiger partial charge < -0.3 is 10.2 Å². The van der Waals surface area contributed by atoms with Crippen molar-refractivity contribution in [2.24, 2.45) is 0 Å². The first-order chi connectivity index (χ1) is 8.59. The Hall–Kier alpha value is -0.580. The molecule has 2 rings (SSSR count). The Labute approximate surface area is 113 Å².